The fourth-order valence-corrected chi connectivity index (χ4v) is 8.28. The Morgan fingerprint density at radius 3 is 1.98 bits per heavy atom. The summed E-state index contributed by atoms with van der Waals surface area (Å²) in [7, 11) is 0. The van der Waals surface area contributed by atoms with Crippen molar-refractivity contribution < 1.29 is 0 Å². The molecule has 0 N–H and O–H groups in total. The molecule has 0 aliphatic heterocycles. The third kappa shape index (κ3) is 4.25. The first-order valence-electron chi connectivity index (χ1n) is 15.9. The van der Waals surface area contributed by atoms with Crippen molar-refractivity contribution in [1.82, 2.24) is 9.97 Å². The smallest absolute Gasteiger partial charge is 0.160 e. The van der Waals surface area contributed by atoms with Crippen LogP contribution in [-0.2, 0) is 0 Å². The van der Waals surface area contributed by atoms with E-state index in [-0.39, 0.29) is 0 Å². The highest BCUT2D eigenvalue weighted by Gasteiger charge is 2.15. The van der Waals surface area contributed by atoms with E-state index in [0.29, 0.717) is 0 Å². The van der Waals surface area contributed by atoms with Crippen molar-refractivity contribution in [2.75, 3.05) is 0 Å². The van der Waals surface area contributed by atoms with Gasteiger partial charge < -0.3 is 0 Å². The van der Waals surface area contributed by atoms with Crippen molar-refractivity contribution >= 4 is 74.7 Å². The molecule has 0 fully saturated rings. The van der Waals surface area contributed by atoms with Crippen LogP contribution in [0.15, 0.2) is 158 Å². The normalized spacial score (nSPS) is 11.8. The van der Waals surface area contributed by atoms with Gasteiger partial charge in [-0.1, -0.05) is 121 Å². The maximum Gasteiger partial charge on any atom is 0.160 e. The zero-order valence-electron chi connectivity index (χ0n) is 25.3. The molecule has 2 nitrogen and oxygen atoms in total. The molecule has 218 valence electrons. The summed E-state index contributed by atoms with van der Waals surface area (Å²) < 4.78 is 2.66. The SMILES string of the molecule is c1ccc(-c2cccc(-c3nc(-c4ccc5c(ccc6ccc7cc8sc9ccccc9c8cc7c65)c4)nc4ccccc34)c2)cc1. The number of para-hydroxylation sites is 1. The fraction of sp³-hybridized carbons (Fsp3) is 0. The van der Waals surface area contributed by atoms with Gasteiger partial charge in [0.2, 0.25) is 0 Å². The van der Waals surface area contributed by atoms with Crippen LogP contribution in [-0.4, -0.2) is 9.97 Å². The molecule has 2 aromatic heterocycles. The van der Waals surface area contributed by atoms with Gasteiger partial charge in [0.1, 0.15) is 0 Å². The average molecular weight is 615 g/mol. The van der Waals surface area contributed by atoms with Crippen LogP contribution in [0.2, 0.25) is 0 Å². The first-order valence-corrected chi connectivity index (χ1v) is 16.7. The Morgan fingerprint density at radius 2 is 1.09 bits per heavy atom. The van der Waals surface area contributed by atoms with Crippen molar-refractivity contribution in [2.24, 2.45) is 0 Å². The summed E-state index contributed by atoms with van der Waals surface area (Å²) in [5.74, 6) is 0.732. The Morgan fingerprint density at radius 1 is 0.362 bits per heavy atom. The molecule has 0 atom stereocenters. The highest BCUT2D eigenvalue weighted by atomic mass is 32.1. The summed E-state index contributed by atoms with van der Waals surface area (Å²) in [4.78, 5) is 10.3. The van der Waals surface area contributed by atoms with Crippen LogP contribution >= 0.6 is 11.3 Å². The minimum atomic E-state index is 0.732. The van der Waals surface area contributed by atoms with E-state index in [0.717, 1.165) is 33.5 Å². The summed E-state index contributed by atoms with van der Waals surface area (Å²) in [5.41, 5.74) is 6.33. The molecule has 0 bridgehead atoms. The summed E-state index contributed by atoms with van der Waals surface area (Å²) in [6, 6.07) is 56.7. The van der Waals surface area contributed by atoms with Crippen LogP contribution < -0.4 is 0 Å². The minimum Gasteiger partial charge on any atom is -0.228 e. The maximum atomic E-state index is 5.24. The molecule has 0 saturated heterocycles. The standard InChI is InChI=1S/C44H26N2S/c1-2-9-27(10-3-1)29-11-8-12-32(23-29)43-36-14-4-6-15-39(36)45-44(46-43)33-21-22-34-30(24-33)19-17-28-18-20-31-25-41-38(26-37(31)42(28)34)35-13-5-7-16-40(35)47-41/h1-26H. The third-order valence-electron chi connectivity index (χ3n) is 9.42. The molecule has 0 aliphatic rings. The van der Waals surface area contributed by atoms with Crippen LogP contribution in [0.1, 0.15) is 0 Å². The second kappa shape index (κ2) is 10.3. The van der Waals surface area contributed by atoms with Gasteiger partial charge in [-0.25, -0.2) is 9.97 Å². The van der Waals surface area contributed by atoms with Gasteiger partial charge in [-0.3, -0.25) is 0 Å². The van der Waals surface area contributed by atoms with E-state index in [9.17, 15) is 0 Å². The lowest BCUT2D eigenvalue weighted by molar-refractivity contribution is 1.23. The minimum absolute atomic E-state index is 0.732. The molecule has 0 unspecified atom stereocenters. The van der Waals surface area contributed by atoms with Crippen molar-refractivity contribution in [2.45, 2.75) is 0 Å². The van der Waals surface area contributed by atoms with Gasteiger partial charge in [0.05, 0.1) is 11.2 Å². The van der Waals surface area contributed by atoms with Crippen LogP contribution in [0, 0.1) is 0 Å². The molecule has 0 saturated carbocycles. The Kier molecular flexibility index (Phi) is 5.78. The first kappa shape index (κ1) is 26.3. The van der Waals surface area contributed by atoms with Gasteiger partial charge in [0.25, 0.3) is 0 Å². The van der Waals surface area contributed by atoms with Crippen molar-refractivity contribution in [3.05, 3.63) is 158 Å². The largest absolute Gasteiger partial charge is 0.228 e. The lowest BCUT2D eigenvalue weighted by Gasteiger charge is -2.12. The van der Waals surface area contributed by atoms with E-state index in [4.69, 9.17) is 9.97 Å². The lowest BCUT2D eigenvalue weighted by Crippen LogP contribution is -1.95. The van der Waals surface area contributed by atoms with Gasteiger partial charge >= 0.3 is 0 Å². The molecular weight excluding hydrogens is 589 g/mol. The fourth-order valence-electron chi connectivity index (χ4n) is 7.15. The molecule has 2 heterocycles. The number of nitrogens with zero attached hydrogens (tertiary/aromatic N) is 2. The van der Waals surface area contributed by atoms with E-state index in [1.165, 1.54) is 63.6 Å². The molecule has 10 rings (SSSR count). The highest BCUT2D eigenvalue weighted by Crippen LogP contribution is 2.41. The molecule has 0 radical (unpaired) electrons. The number of hydrogen-bond acceptors (Lipinski definition) is 3. The summed E-state index contributed by atoms with van der Waals surface area (Å²) in [6.07, 6.45) is 0. The molecule has 3 heteroatoms. The Balaban J connectivity index is 1.16. The Labute approximate surface area is 275 Å². The van der Waals surface area contributed by atoms with E-state index in [2.05, 4.69) is 158 Å². The number of thiophene rings is 1. The van der Waals surface area contributed by atoms with Crippen LogP contribution in [0.5, 0.6) is 0 Å². The van der Waals surface area contributed by atoms with Crippen LogP contribution in [0.4, 0.5) is 0 Å². The van der Waals surface area contributed by atoms with Gasteiger partial charge in [-0.15, -0.1) is 11.3 Å². The topological polar surface area (TPSA) is 25.8 Å². The van der Waals surface area contributed by atoms with Crippen LogP contribution in [0.25, 0.3) is 97.2 Å². The van der Waals surface area contributed by atoms with Crippen molar-refractivity contribution in [3.8, 4) is 33.8 Å². The second-order valence-corrected chi connectivity index (χ2v) is 13.3. The number of hydrogen-bond donors (Lipinski definition) is 0. The zero-order chi connectivity index (χ0) is 30.9. The number of rotatable bonds is 3. The van der Waals surface area contributed by atoms with Gasteiger partial charge in [0.15, 0.2) is 5.82 Å². The predicted octanol–water partition coefficient (Wildman–Crippen LogP) is 12.5. The zero-order valence-corrected chi connectivity index (χ0v) is 26.1. The summed E-state index contributed by atoms with van der Waals surface area (Å²) in [6.45, 7) is 0. The van der Waals surface area contributed by atoms with Crippen LogP contribution in [0.3, 0.4) is 0 Å². The molecule has 0 aliphatic carbocycles. The van der Waals surface area contributed by atoms with Crippen molar-refractivity contribution in [3.63, 3.8) is 0 Å². The van der Waals surface area contributed by atoms with Gasteiger partial charge in [-0.05, 0) is 79.8 Å². The molecule has 0 amide bonds. The number of fused-ring (bicyclic) bond motifs is 9. The summed E-state index contributed by atoms with van der Waals surface area (Å²) in [5, 5.41) is 11.2. The summed E-state index contributed by atoms with van der Waals surface area (Å²) >= 11 is 1.87. The van der Waals surface area contributed by atoms with Gasteiger partial charge in [-0.2, -0.15) is 0 Å². The quantitative estimate of drug-likeness (QED) is 0.185. The molecule has 8 aromatic carbocycles. The Hall–Kier alpha value is -5.90. The van der Waals surface area contributed by atoms with E-state index < -0.39 is 0 Å². The first-order chi connectivity index (χ1) is 23.3. The molecular formula is C44H26N2S. The van der Waals surface area contributed by atoms with Crippen molar-refractivity contribution in [1.29, 1.82) is 0 Å². The van der Waals surface area contributed by atoms with E-state index in [1.807, 2.05) is 11.3 Å². The lowest BCUT2D eigenvalue weighted by atomic mass is 9.94. The van der Waals surface area contributed by atoms with E-state index in [1.54, 1.807) is 0 Å². The molecule has 0 spiro atoms. The molecule has 10 aromatic rings. The second-order valence-electron chi connectivity index (χ2n) is 12.2. The maximum absolute atomic E-state index is 5.24. The monoisotopic (exact) mass is 614 g/mol. The third-order valence-corrected chi connectivity index (χ3v) is 10.6. The van der Waals surface area contributed by atoms with Gasteiger partial charge in [0, 0.05) is 36.7 Å². The predicted molar refractivity (Wildman–Crippen MR) is 201 cm³/mol. The van der Waals surface area contributed by atoms with E-state index >= 15 is 0 Å². The Bertz CT molecular complexity index is 2850. The number of aromatic nitrogens is 2. The number of benzene rings is 8. The highest BCUT2D eigenvalue weighted by molar-refractivity contribution is 7.25. The molecule has 47 heavy (non-hydrogen) atoms. The average Bonchev–Trinajstić information content (AvgIpc) is 3.50.